The first-order valence-electron chi connectivity index (χ1n) is 5.70. The number of hydrogen-bond donors (Lipinski definition) is 2. The third-order valence-corrected chi connectivity index (χ3v) is 2.83. The topological polar surface area (TPSA) is 79.9 Å². The van der Waals surface area contributed by atoms with E-state index in [1.54, 1.807) is 24.5 Å². The predicted molar refractivity (Wildman–Crippen MR) is 64.1 cm³/mol. The van der Waals surface area contributed by atoms with Crippen LogP contribution in [0.3, 0.4) is 0 Å². The fourth-order valence-corrected chi connectivity index (χ4v) is 1.93. The fraction of sp³-hybridized carbons (Fsp3) is 0.250. The van der Waals surface area contributed by atoms with Crippen LogP contribution in [0, 0.1) is 0 Å². The Morgan fingerprint density at radius 1 is 1.50 bits per heavy atom. The average molecular weight is 244 g/mol. The Labute approximate surface area is 103 Å². The molecule has 92 valence electrons. The van der Waals surface area contributed by atoms with Gasteiger partial charge in [-0.3, -0.25) is 14.9 Å². The molecular formula is C12H12N4O2. The number of H-pyrrole nitrogens is 1. The Bertz CT molecular complexity index is 565. The maximum Gasteiger partial charge on any atom is 0.276 e. The van der Waals surface area contributed by atoms with Gasteiger partial charge in [0.25, 0.3) is 5.91 Å². The zero-order valence-corrected chi connectivity index (χ0v) is 9.64. The van der Waals surface area contributed by atoms with Crippen molar-refractivity contribution in [3.8, 4) is 0 Å². The van der Waals surface area contributed by atoms with Gasteiger partial charge in [0.1, 0.15) is 0 Å². The number of carbonyl (C=O) groups is 1. The molecule has 1 amide bonds. The lowest BCUT2D eigenvalue weighted by molar-refractivity contribution is 0.0985. The minimum atomic E-state index is -0.244. The van der Waals surface area contributed by atoms with Gasteiger partial charge >= 0.3 is 0 Å². The van der Waals surface area contributed by atoms with Crippen LogP contribution < -0.4 is 5.32 Å². The van der Waals surface area contributed by atoms with Crippen LogP contribution in [0.25, 0.3) is 0 Å². The van der Waals surface area contributed by atoms with E-state index in [1.165, 1.54) is 0 Å². The molecule has 1 aliphatic heterocycles. The number of carbonyl (C=O) groups excluding carboxylic acids is 1. The third kappa shape index (κ3) is 1.98. The number of nitrogens with one attached hydrogen (secondary N) is 2. The molecule has 3 rings (SSSR count). The van der Waals surface area contributed by atoms with E-state index in [1.807, 2.05) is 0 Å². The number of hydrogen-bond acceptors (Lipinski definition) is 4. The molecule has 0 spiro atoms. The predicted octanol–water partition coefficient (Wildman–Crippen LogP) is 1.13. The number of fused-ring (bicyclic) bond motifs is 1. The molecule has 0 bridgehead atoms. The van der Waals surface area contributed by atoms with Gasteiger partial charge in [0, 0.05) is 23.9 Å². The SMILES string of the molecule is O=C(Nc1cccnc1)c1n[nH]c2c1COCC2. The van der Waals surface area contributed by atoms with Gasteiger partial charge in [0.15, 0.2) is 5.69 Å². The molecular weight excluding hydrogens is 232 g/mol. The average Bonchev–Trinajstić information content (AvgIpc) is 2.84. The number of aromatic nitrogens is 3. The molecule has 2 aromatic heterocycles. The lowest BCUT2D eigenvalue weighted by Crippen LogP contribution is -2.17. The van der Waals surface area contributed by atoms with Gasteiger partial charge in [-0.2, -0.15) is 5.10 Å². The Morgan fingerprint density at radius 3 is 3.28 bits per heavy atom. The Hall–Kier alpha value is -2.21. The van der Waals surface area contributed by atoms with Crippen molar-refractivity contribution in [3.05, 3.63) is 41.5 Å². The molecule has 6 heteroatoms. The smallest absolute Gasteiger partial charge is 0.276 e. The summed E-state index contributed by atoms with van der Waals surface area (Å²) in [6, 6.07) is 3.54. The number of rotatable bonds is 2. The second-order valence-corrected chi connectivity index (χ2v) is 4.03. The monoisotopic (exact) mass is 244 g/mol. The fourth-order valence-electron chi connectivity index (χ4n) is 1.93. The molecule has 6 nitrogen and oxygen atoms in total. The van der Waals surface area contributed by atoms with Gasteiger partial charge in [-0.1, -0.05) is 0 Å². The summed E-state index contributed by atoms with van der Waals surface area (Å²) in [6.45, 7) is 1.10. The van der Waals surface area contributed by atoms with E-state index in [0.717, 1.165) is 17.7 Å². The molecule has 0 unspecified atom stereocenters. The zero-order valence-electron chi connectivity index (χ0n) is 9.64. The summed E-state index contributed by atoms with van der Waals surface area (Å²) in [5, 5.41) is 9.70. The number of amides is 1. The standard InChI is InChI=1S/C12H12N4O2/c17-12(14-8-2-1-4-13-6-8)11-9-7-18-5-3-10(9)15-16-11/h1-2,4,6H,3,5,7H2,(H,14,17)(H,15,16). The summed E-state index contributed by atoms with van der Waals surface area (Å²) < 4.78 is 5.34. The van der Waals surface area contributed by atoms with E-state index in [9.17, 15) is 4.79 Å². The van der Waals surface area contributed by atoms with Crippen LogP contribution in [0.4, 0.5) is 5.69 Å². The molecule has 0 radical (unpaired) electrons. The number of aromatic amines is 1. The molecule has 2 N–H and O–H groups in total. The number of anilines is 1. The Morgan fingerprint density at radius 2 is 2.44 bits per heavy atom. The molecule has 0 aliphatic carbocycles. The highest BCUT2D eigenvalue weighted by Gasteiger charge is 2.22. The molecule has 0 fully saturated rings. The van der Waals surface area contributed by atoms with E-state index in [4.69, 9.17) is 4.74 Å². The van der Waals surface area contributed by atoms with E-state index in [0.29, 0.717) is 24.6 Å². The van der Waals surface area contributed by atoms with Gasteiger partial charge in [-0.05, 0) is 12.1 Å². The maximum atomic E-state index is 12.1. The summed E-state index contributed by atoms with van der Waals surface area (Å²) >= 11 is 0. The molecule has 0 atom stereocenters. The Balaban J connectivity index is 1.83. The normalized spacial score (nSPS) is 14.0. The second-order valence-electron chi connectivity index (χ2n) is 4.03. The van der Waals surface area contributed by atoms with Crippen molar-refractivity contribution in [1.29, 1.82) is 0 Å². The molecule has 0 saturated heterocycles. The number of ether oxygens (including phenoxy) is 1. The first-order valence-corrected chi connectivity index (χ1v) is 5.70. The molecule has 2 aromatic rings. The summed E-state index contributed by atoms with van der Waals surface area (Å²) in [5.41, 5.74) is 2.88. The minimum absolute atomic E-state index is 0.244. The summed E-state index contributed by atoms with van der Waals surface area (Å²) in [7, 11) is 0. The maximum absolute atomic E-state index is 12.1. The number of pyridine rings is 1. The molecule has 1 aliphatic rings. The highest BCUT2D eigenvalue weighted by Crippen LogP contribution is 2.19. The van der Waals surface area contributed by atoms with Gasteiger partial charge in [0.05, 0.1) is 25.1 Å². The summed E-state index contributed by atoms with van der Waals surface area (Å²) in [5.74, 6) is -0.244. The number of nitrogens with zero attached hydrogens (tertiary/aromatic N) is 2. The first-order chi connectivity index (χ1) is 8.84. The van der Waals surface area contributed by atoms with Crippen LogP contribution >= 0.6 is 0 Å². The van der Waals surface area contributed by atoms with E-state index in [-0.39, 0.29) is 5.91 Å². The largest absolute Gasteiger partial charge is 0.376 e. The van der Waals surface area contributed by atoms with Crippen molar-refractivity contribution in [2.45, 2.75) is 13.0 Å². The molecule has 0 aromatic carbocycles. The van der Waals surface area contributed by atoms with Crippen LogP contribution in [-0.2, 0) is 17.8 Å². The zero-order chi connectivity index (χ0) is 12.4. The lowest BCUT2D eigenvalue weighted by atomic mass is 10.1. The van der Waals surface area contributed by atoms with Crippen molar-refractivity contribution in [3.63, 3.8) is 0 Å². The van der Waals surface area contributed by atoms with Crippen molar-refractivity contribution in [1.82, 2.24) is 15.2 Å². The van der Waals surface area contributed by atoms with Crippen molar-refractivity contribution < 1.29 is 9.53 Å². The van der Waals surface area contributed by atoms with Crippen molar-refractivity contribution >= 4 is 11.6 Å². The van der Waals surface area contributed by atoms with Crippen molar-refractivity contribution in [2.24, 2.45) is 0 Å². The Kier molecular flexibility index (Phi) is 2.77. The quantitative estimate of drug-likeness (QED) is 0.829. The van der Waals surface area contributed by atoms with Gasteiger partial charge in [0.2, 0.25) is 0 Å². The lowest BCUT2D eigenvalue weighted by Gasteiger charge is -2.12. The van der Waals surface area contributed by atoms with Gasteiger partial charge in [-0.25, -0.2) is 0 Å². The van der Waals surface area contributed by atoms with Gasteiger partial charge < -0.3 is 10.1 Å². The van der Waals surface area contributed by atoms with Crippen LogP contribution in [0.1, 0.15) is 21.7 Å². The van der Waals surface area contributed by atoms with E-state index in [2.05, 4.69) is 20.5 Å². The van der Waals surface area contributed by atoms with Crippen molar-refractivity contribution in [2.75, 3.05) is 11.9 Å². The summed E-state index contributed by atoms with van der Waals surface area (Å²) in [6.07, 6.45) is 4.01. The summed E-state index contributed by atoms with van der Waals surface area (Å²) in [4.78, 5) is 16.0. The van der Waals surface area contributed by atoms with Crippen LogP contribution in [0.15, 0.2) is 24.5 Å². The van der Waals surface area contributed by atoms with Crippen LogP contribution in [0.2, 0.25) is 0 Å². The molecule has 18 heavy (non-hydrogen) atoms. The third-order valence-electron chi connectivity index (χ3n) is 2.83. The second kappa shape index (κ2) is 4.58. The van der Waals surface area contributed by atoms with E-state index >= 15 is 0 Å². The van der Waals surface area contributed by atoms with Crippen LogP contribution in [-0.4, -0.2) is 27.7 Å². The van der Waals surface area contributed by atoms with E-state index < -0.39 is 0 Å². The van der Waals surface area contributed by atoms with Gasteiger partial charge in [-0.15, -0.1) is 0 Å². The highest BCUT2D eigenvalue weighted by atomic mass is 16.5. The molecule has 3 heterocycles. The van der Waals surface area contributed by atoms with Crippen LogP contribution in [0.5, 0.6) is 0 Å². The highest BCUT2D eigenvalue weighted by molar-refractivity contribution is 6.03. The molecule has 0 saturated carbocycles. The minimum Gasteiger partial charge on any atom is -0.376 e. The first kappa shape index (κ1) is 10.9.